The Labute approximate surface area is 217 Å². The van der Waals surface area contributed by atoms with Crippen molar-refractivity contribution in [3.63, 3.8) is 0 Å². The van der Waals surface area contributed by atoms with E-state index < -0.39 is 33.7 Å². The van der Waals surface area contributed by atoms with Crippen LogP contribution in [0, 0.1) is 0 Å². The summed E-state index contributed by atoms with van der Waals surface area (Å²) in [6, 6.07) is 0. The Morgan fingerprint density at radius 2 is 1.28 bits per heavy atom. The summed E-state index contributed by atoms with van der Waals surface area (Å²) < 4.78 is 43.3. The maximum absolute atomic E-state index is 11.9. The molecule has 0 N–H and O–H groups in total. The molecule has 0 fully saturated rings. The minimum absolute atomic E-state index is 0. The standard InChI is InChI=1S/C23H42O7S.Na/c1-3-5-6-7-8-9-10-11-12-13-14-15-16-17-19-30-23(25)21(31(26,27)28)20-22(24)29-18-4-2;/h4,21H,2-3,5-20H2,1H3,(H,26,27,28);/q;+1/p-1. The fourth-order valence-corrected chi connectivity index (χ4v) is 3.87. The number of unbranched alkanes of at least 4 members (excludes halogenated alkanes) is 13. The third-order valence-electron chi connectivity index (χ3n) is 5.07. The van der Waals surface area contributed by atoms with Gasteiger partial charge in [0.1, 0.15) is 16.7 Å². The van der Waals surface area contributed by atoms with Gasteiger partial charge in [-0.05, 0) is 6.42 Å². The second kappa shape index (κ2) is 22.4. The molecule has 0 saturated heterocycles. The summed E-state index contributed by atoms with van der Waals surface area (Å²) in [4.78, 5) is 23.4. The van der Waals surface area contributed by atoms with E-state index in [1.807, 2.05) is 0 Å². The summed E-state index contributed by atoms with van der Waals surface area (Å²) in [5, 5.41) is -2.07. The zero-order valence-electron chi connectivity index (χ0n) is 20.1. The molecule has 0 aromatic rings. The molecule has 0 amide bonds. The summed E-state index contributed by atoms with van der Waals surface area (Å²) in [7, 11) is -5.01. The third-order valence-corrected chi connectivity index (χ3v) is 6.12. The van der Waals surface area contributed by atoms with E-state index in [4.69, 9.17) is 4.74 Å². The maximum atomic E-state index is 11.9. The van der Waals surface area contributed by atoms with Crippen LogP contribution >= 0.6 is 0 Å². The van der Waals surface area contributed by atoms with Gasteiger partial charge in [-0.3, -0.25) is 9.59 Å². The Bertz CT molecular complexity index is 593. The van der Waals surface area contributed by atoms with Gasteiger partial charge in [-0.15, -0.1) is 0 Å². The molecule has 7 nitrogen and oxygen atoms in total. The summed E-state index contributed by atoms with van der Waals surface area (Å²) in [6.07, 6.45) is 17.1. The smallest absolute Gasteiger partial charge is 0.747 e. The first kappa shape index (κ1) is 33.8. The SMILES string of the molecule is C=CCOC(=O)CC(C(=O)OCCCCCCCCCCCCCCCC)S(=O)(=O)[O-].[Na+]. The molecule has 32 heavy (non-hydrogen) atoms. The van der Waals surface area contributed by atoms with Crippen LogP contribution < -0.4 is 29.6 Å². The van der Waals surface area contributed by atoms with E-state index in [2.05, 4.69) is 18.2 Å². The van der Waals surface area contributed by atoms with Crippen molar-refractivity contribution in [2.45, 2.75) is 108 Å². The van der Waals surface area contributed by atoms with Crippen molar-refractivity contribution < 1.29 is 61.6 Å². The monoisotopic (exact) mass is 484 g/mol. The molecule has 0 aliphatic rings. The number of rotatable bonds is 21. The molecule has 0 aromatic carbocycles. The van der Waals surface area contributed by atoms with Crippen LogP contribution in [-0.4, -0.2) is 43.4 Å². The molecule has 0 saturated carbocycles. The Morgan fingerprint density at radius 1 is 0.844 bits per heavy atom. The number of esters is 2. The van der Waals surface area contributed by atoms with Crippen molar-refractivity contribution in [2.75, 3.05) is 13.2 Å². The minimum Gasteiger partial charge on any atom is -0.747 e. The Kier molecular flexibility index (Phi) is 23.6. The van der Waals surface area contributed by atoms with Gasteiger partial charge in [0, 0.05) is 0 Å². The molecule has 182 valence electrons. The van der Waals surface area contributed by atoms with E-state index in [-0.39, 0.29) is 42.8 Å². The third kappa shape index (κ3) is 20.2. The fourth-order valence-electron chi connectivity index (χ4n) is 3.23. The number of hydrogen-bond acceptors (Lipinski definition) is 7. The second-order valence-electron chi connectivity index (χ2n) is 7.92. The normalized spacial score (nSPS) is 11.9. The van der Waals surface area contributed by atoms with E-state index in [0.717, 1.165) is 19.3 Å². The molecular formula is C23H41NaO7S. The van der Waals surface area contributed by atoms with Gasteiger partial charge in [-0.25, -0.2) is 8.42 Å². The first-order valence-corrected chi connectivity index (χ1v) is 13.2. The first-order valence-electron chi connectivity index (χ1n) is 11.7. The van der Waals surface area contributed by atoms with Crippen molar-refractivity contribution in [3.05, 3.63) is 12.7 Å². The summed E-state index contributed by atoms with van der Waals surface area (Å²) in [5.74, 6) is -2.15. The molecule has 0 spiro atoms. The van der Waals surface area contributed by atoms with Gasteiger partial charge in [0.15, 0.2) is 5.25 Å². The van der Waals surface area contributed by atoms with Crippen LogP contribution in [0.5, 0.6) is 0 Å². The molecule has 0 rings (SSSR count). The molecule has 1 unspecified atom stereocenters. The molecular weight excluding hydrogens is 443 g/mol. The number of hydrogen-bond donors (Lipinski definition) is 0. The summed E-state index contributed by atoms with van der Waals surface area (Å²) in [5.41, 5.74) is 0. The number of ether oxygens (including phenoxy) is 2. The van der Waals surface area contributed by atoms with Gasteiger partial charge in [-0.2, -0.15) is 0 Å². The van der Waals surface area contributed by atoms with Crippen molar-refractivity contribution in [2.24, 2.45) is 0 Å². The molecule has 1 atom stereocenters. The second-order valence-corrected chi connectivity index (χ2v) is 9.48. The quantitative estimate of drug-likeness (QED) is 0.0806. The topological polar surface area (TPSA) is 110 Å². The molecule has 0 aliphatic carbocycles. The molecule has 0 aliphatic heterocycles. The number of carbonyl (C=O) groups excluding carboxylic acids is 2. The Morgan fingerprint density at radius 3 is 1.69 bits per heavy atom. The van der Waals surface area contributed by atoms with Crippen molar-refractivity contribution in [3.8, 4) is 0 Å². The predicted molar refractivity (Wildman–Crippen MR) is 121 cm³/mol. The summed E-state index contributed by atoms with van der Waals surface area (Å²) >= 11 is 0. The van der Waals surface area contributed by atoms with Crippen LogP contribution in [0.2, 0.25) is 0 Å². The average molecular weight is 485 g/mol. The molecule has 0 heterocycles. The minimum atomic E-state index is -5.01. The van der Waals surface area contributed by atoms with E-state index >= 15 is 0 Å². The van der Waals surface area contributed by atoms with Crippen LogP contribution in [0.15, 0.2) is 12.7 Å². The van der Waals surface area contributed by atoms with Crippen molar-refractivity contribution >= 4 is 22.1 Å². The van der Waals surface area contributed by atoms with Gasteiger partial charge < -0.3 is 14.0 Å². The van der Waals surface area contributed by atoms with Crippen LogP contribution in [-0.2, 0) is 29.2 Å². The zero-order valence-corrected chi connectivity index (χ0v) is 23.0. The van der Waals surface area contributed by atoms with Gasteiger partial charge in [0.05, 0.1) is 13.0 Å². The van der Waals surface area contributed by atoms with E-state index in [1.54, 1.807) is 0 Å². The van der Waals surface area contributed by atoms with E-state index in [0.29, 0.717) is 6.42 Å². The number of carbonyl (C=O) groups is 2. The van der Waals surface area contributed by atoms with Gasteiger partial charge in [0.2, 0.25) is 0 Å². The first-order chi connectivity index (χ1) is 14.8. The largest absolute Gasteiger partial charge is 1.00 e. The van der Waals surface area contributed by atoms with Gasteiger partial charge in [0.25, 0.3) is 0 Å². The predicted octanol–water partition coefficient (Wildman–Crippen LogP) is 2.05. The Balaban J connectivity index is 0. The summed E-state index contributed by atoms with van der Waals surface area (Å²) in [6.45, 7) is 5.49. The van der Waals surface area contributed by atoms with Gasteiger partial charge in [-0.1, -0.05) is 103 Å². The van der Waals surface area contributed by atoms with Gasteiger partial charge >= 0.3 is 41.5 Å². The van der Waals surface area contributed by atoms with Crippen molar-refractivity contribution in [1.82, 2.24) is 0 Å². The van der Waals surface area contributed by atoms with Crippen molar-refractivity contribution in [1.29, 1.82) is 0 Å². The molecule has 9 heteroatoms. The Hall–Kier alpha value is -0.410. The molecule has 0 aromatic heterocycles. The van der Waals surface area contributed by atoms with Crippen LogP contribution in [0.1, 0.15) is 103 Å². The van der Waals surface area contributed by atoms with Crippen LogP contribution in [0.25, 0.3) is 0 Å². The zero-order chi connectivity index (χ0) is 23.4. The maximum Gasteiger partial charge on any atom is 1.00 e. The van der Waals surface area contributed by atoms with E-state index in [9.17, 15) is 22.6 Å². The molecule has 0 radical (unpaired) electrons. The van der Waals surface area contributed by atoms with E-state index in [1.165, 1.54) is 70.3 Å². The molecule has 0 bridgehead atoms. The van der Waals surface area contributed by atoms with Crippen LogP contribution in [0.4, 0.5) is 0 Å². The fraction of sp³-hybridized carbons (Fsp3) is 0.826. The average Bonchev–Trinajstić information content (AvgIpc) is 2.72. The van der Waals surface area contributed by atoms with Crippen LogP contribution in [0.3, 0.4) is 0 Å².